The van der Waals surface area contributed by atoms with E-state index >= 15 is 0 Å². The first-order valence-corrected chi connectivity index (χ1v) is 9.61. The maximum Gasteiger partial charge on any atom is 0.573 e. The molecular weight excluding hydrogens is 419 g/mol. The van der Waals surface area contributed by atoms with Crippen molar-refractivity contribution in [1.29, 1.82) is 0 Å². The Balaban J connectivity index is 1.68. The lowest BCUT2D eigenvalue weighted by Crippen LogP contribution is -2.42. The zero-order valence-electron chi connectivity index (χ0n) is 15.3. The largest absolute Gasteiger partial charge is 0.573 e. The van der Waals surface area contributed by atoms with E-state index < -0.39 is 24.3 Å². The summed E-state index contributed by atoms with van der Waals surface area (Å²) >= 11 is 1.11. The second-order valence-electron chi connectivity index (χ2n) is 6.33. The number of ether oxygens (including phenoxy) is 1. The highest BCUT2D eigenvalue weighted by molar-refractivity contribution is 7.12. The number of alkyl halides is 3. The van der Waals surface area contributed by atoms with Gasteiger partial charge < -0.3 is 15.2 Å². The van der Waals surface area contributed by atoms with Crippen LogP contribution in [-0.4, -0.2) is 29.4 Å². The van der Waals surface area contributed by atoms with E-state index in [1.807, 2.05) is 6.07 Å². The van der Waals surface area contributed by atoms with Gasteiger partial charge in [0.05, 0.1) is 4.88 Å². The van der Waals surface area contributed by atoms with Gasteiger partial charge in [0.25, 0.3) is 5.91 Å². The van der Waals surface area contributed by atoms with Crippen molar-refractivity contribution >= 4 is 23.2 Å². The number of thiophene rings is 1. The van der Waals surface area contributed by atoms with Crippen LogP contribution in [0, 0.1) is 0 Å². The molecule has 0 bridgehead atoms. The van der Waals surface area contributed by atoms with Gasteiger partial charge in [-0.15, -0.1) is 24.5 Å². The lowest BCUT2D eigenvalue weighted by Gasteiger charge is -2.14. The maximum atomic E-state index is 12.5. The number of carboxylic acid groups (broad SMARTS) is 1. The predicted octanol–water partition coefficient (Wildman–Crippen LogP) is 4.74. The molecule has 1 aromatic heterocycles. The van der Waals surface area contributed by atoms with Crippen LogP contribution in [0.4, 0.5) is 13.2 Å². The van der Waals surface area contributed by atoms with Gasteiger partial charge in [0.1, 0.15) is 11.8 Å². The molecule has 0 saturated carbocycles. The minimum Gasteiger partial charge on any atom is -0.480 e. The molecule has 3 aromatic rings. The summed E-state index contributed by atoms with van der Waals surface area (Å²) in [6.07, 6.45) is -4.63. The van der Waals surface area contributed by atoms with Crippen LogP contribution in [0.2, 0.25) is 0 Å². The van der Waals surface area contributed by atoms with Gasteiger partial charge in [-0.3, -0.25) is 4.79 Å². The summed E-state index contributed by atoms with van der Waals surface area (Å²) in [5.41, 5.74) is 2.00. The zero-order valence-corrected chi connectivity index (χ0v) is 16.2. The summed E-state index contributed by atoms with van der Waals surface area (Å²) < 4.78 is 40.6. The van der Waals surface area contributed by atoms with Crippen LogP contribution in [0.15, 0.2) is 66.0 Å². The first-order valence-electron chi connectivity index (χ1n) is 8.73. The molecule has 0 saturated heterocycles. The second-order valence-corrected chi connectivity index (χ2v) is 7.24. The predicted molar refractivity (Wildman–Crippen MR) is 105 cm³/mol. The van der Waals surface area contributed by atoms with Crippen molar-refractivity contribution in [1.82, 2.24) is 5.32 Å². The Hall–Kier alpha value is -3.33. The number of carboxylic acids is 1. The molecule has 9 heteroatoms. The molecule has 1 heterocycles. The fraction of sp³-hybridized carbons (Fsp3) is 0.143. The normalized spacial score (nSPS) is 12.2. The summed E-state index contributed by atoms with van der Waals surface area (Å²) in [4.78, 5) is 24.3. The van der Waals surface area contributed by atoms with Gasteiger partial charge in [-0.05, 0) is 40.3 Å². The molecule has 30 heavy (non-hydrogen) atoms. The van der Waals surface area contributed by atoms with Crippen LogP contribution >= 0.6 is 11.3 Å². The molecule has 0 spiro atoms. The topological polar surface area (TPSA) is 75.6 Å². The van der Waals surface area contributed by atoms with E-state index in [9.17, 15) is 27.9 Å². The number of carbonyl (C=O) groups is 2. The lowest BCUT2D eigenvalue weighted by molar-refractivity contribution is -0.274. The second kappa shape index (κ2) is 9.00. The van der Waals surface area contributed by atoms with E-state index in [2.05, 4.69) is 10.1 Å². The minimum absolute atomic E-state index is 0.140. The van der Waals surface area contributed by atoms with Crippen molar-refractivity contribution in [3.63, 3.8) is 0 Å². The minimum atomic E-state index is -4.77. The van der Waals surface area contributed by atoms with Crippen LogP contribution < -0.4 is 10.1 Å². The van der Waals surface area contributed by atoms with Crippen molar-refractivity contribution in [3.05, 3.63) is 76.5 Å². The highest BCUT2D eigenvalue weighted by atomic mass is 32.1. The van der Waals surface area contributed by atoms with Crippen molar-refractivity contribution in [2.75, 3.05) is 0 Å². The summed E-state index contributed by atoms with van der Waals surface area (Å²) in [5, 5.41) is 13.6. The quantitative estimate of drug-likeness (QED) is 0.562. The van der Waals surface area contributed by atoms with Crippen LogP contribution in [0.3, 0.4) is 0 Å². The van der Waals surface area contributed by atoms with Crippen molar-refractivity contribution < 1.29 is 32.6 Å². The highest BCUT2D eigenvalue weighted by Gasteiger charge is 2.31. The molecule has 1 unspecified atom stereocenters. The van der Waals surface area contributed by atoms with Crippen molar-refractivity contribution in [3.8, 4) is 16.9 Å². The van der Waals surface area contributed by atoms with Gasteiger partial charge in [-0.2, -0.15) is 0 Å². The summed E-state index contributed by atoms with van der Waals surface area (Å²) in [5.74, 6) is -2.03. The monoisotopic (exact) mass is 435 g/mol. The summed E-state index contributed by atoms with van der Waals surface area (Å²) in [7, 11) is 0. The van der Waals surface area contributed by atoms with Crippen molar-refractivity contribution in [2.45, 2.75) is 18.8 Å². The maximum absolute atomic E-state index is 12.5. The molecule has 0 radical (unpaired) electrons. The van der Waals surface area contributed by atoms with E-state index in [0.29, 0.717) is 16.0 Å². The molecule has 1 amide bonds. The summed E-state index contributed by atoms with van der Waals surface area (Å²) in [6.45, 7) is 0. The number of hydrogen-bond acceptors (Lipinski definition) is 4. The van der Waals surface area contributed by atoms with Gasteiger partial charge in [0.2, 0.25) is 0 Å². The lowest BCUT2D eigenvalue weighted by atomic mass is 10.1. The van der Waals surface area contributed by atoms with E-state index in [1.165, 1.54) is 24.3 Å². The fourth-order valence-electron chi connectivity index (χ4n) is 2.73. The average molecular weight is 435 g/mol. The standard InChI is InChI=1S/C21H16F3NO4S/c22-21(23,24)29-16-8-6-14(7-9-16)15-11-18(30-12-15)19(26)25-17(20(27)28)10-13-4-2-1-3-5-13/h1-9,11-12,17H,10H2,(H,25,26)(H,27,28). The van der Waals surface area contributed by atoms with Gasteiger partial charge in [0, 0.05) is 6.42 Å². The Morgan fingerprint density at radius 3 is 2.30 bits per heavy atom. The number of benzene rings is 2. The van der Waals surface area contributed by atoms with E-state index in [-0.39, 0.29) is 12.2 Å². The number of aliphatic carboxylic acids is 1. The number of nitrogens with one attached hydrogen (secondary N) is 1. The van der Waals surface area contributed by atoms with Gasteiger partial charge in [-0.25, -0.2) is 4.79 Å². The van der Waals surface area contributed by atoms with Crippen LogP contribution in [0.1, 0.15) is 15.2 Å². The molecular formula is C21H16F3NO4S. The Morgan fingerprint density at radius 2 is 1.70 bits per heavy atom. The third kappa shape index (κ3) is 5.84. The molecule has 3 rings (SSSR count). The molecule has 156 valence electrons. The SMILES string of the molecule is O=C(NC(Cc1ccccc1)C(=O)O)c1cc(-c2ccc(OC(F)(F)F)cc2)cs1. The molecule has 0 aliphatic heterocycles. The number of amides is 1. The first kappa shape index (κ1) is 21.4. The molecule has 0 aliphatic rings. The molecule has 1 atom stereocenters. The third-order valence-corrected chi connectivity index (χ3v) is 5.06. The van der Waals surface area contributed by atoms with E-state index in [0.717, 1.165) is 16.9 Å². The number of halogens is 3. The number of rotatable bonds is 7. The fourth-order valence-corrected chi connectivity index (χ4v) is 3.55. The van der Waals surface area contributed by atoms with Crippen LogP contribution in [0.5, 0.6) is 5.75 Å². The Kier molecular flexibility index (Phi) is 6.41. The summed E-state index contributed by atoms with van der Waals surface area (Å²) in [6, 6.07) is 14.6. The zero-order chi connectivity index (χ0) is 21.7. The number of carbonyl (C=O) groups excluding carboxylic acids is 1. The van der Waals surface area contributed by atoms with Crippen LogP contribution in [0.25, 0.3) is 11.1 Å². The van der Waals surface area contributed by atoms with Gasteiger partial charge >= 0.3 is 12.3 Å². The molecule has 0 fully saturated rings. The van der Waals surface area contributed by atoms with Crippen molar-refractivity contribution in [2.24, 2.45) is 0 Å². The smallest absolute Gasteiger partial charge is 0.480 e. The van der Waals surface area contributed by atoms with Crippen LogP contribution in [-0.2, 0) is 11.2 Å². The number of hydrogen-bond donors (Lipinski definition) is 2. The molecule has 5 nitrogen and oxygen atoms in total. The first-order chi connectivity index (χ1) is 14.2. The van der Waals surface area contributed by atoms with E-state index in [4.69, 9.17) is 0 Å². The Labute approximate surface area is 173 Å². The van der Waals surface area contributed by atoms with Gasteiger partial charge in [0.15, 0.2) is 0 Å². The Morgan fingerprint density at radius 1 is 1.03 bits per heavy atom. The Bertz CT molecular complexity index is 1020. The molecule has 2 aromatic carbocycles. The average Bonchev–Trinajstić information content (AvgIpc) is 3.18. The van der Waals surface area contributed by atoms with Gasteiger partial charge in [-0.1, -0.05) is 42.5 Å². The molecule has 2 N–H and O–H groups in total. The third-order valence-electron chi connectivity index (χ3n) is 4.13. The highest BCUT2D eigenvalue weighted by Crippen LogP contribution is 2.29. The van der Waals surface area contributed by atoms with E-state index in [1.54, 1.807) is 35.7 Å². The molecule has 0 aliphatic carbocycles.